The lowest BCUT2D eigenvalue weighted by atomic mass is 10.1. The number of ketones is 1. The Kier molecular flexibility index (Phi) is 3.31. The molecule has 2 aromatic rings. The normalized spacial score (nSPS) is 10.6. The van der Waals surface area contributed by atoms with Crippen molar-refractivity contribution in [3.8, 4) is 5.75 Å². The minimum Gasteiger partial charge on any atom is -0.507 e. The van der Waals surface area contributed by atoms with Crippen LogP contribution in [0.25, 0.3) is 6.08 Å². The number of carbonyl (C=O) groups is 1. The summed E-state index contributed by atoms with van der Waals surface area (Å²) < 4.78 is 0. The maximum Gasteiger partial charge on any atom is 0.185 e. The van der Waals surface area contributed by atoms with Crippen LogP contribution < -0.4 is 0 Å². The topological polar surface area (TPSA) is 50.2 Å². The van der Waals surface area contributed by atoms with Crippen molar-refractivity contribution in [1.29, 1.82) is 0 Å². The van der Waals surface area contributed by atoms with Gasteiger partial charge >= 0.3 is 0 Å². The number of para-hydroxylation sites is 1. The van der Waals surface area contributed by atoms with E-state index < -0.39 is 0 Å². The second kappa shape index (κ2) is 5.07. The maximum absolute atomic E-state index is 11.7. The van der Waals surface area contributed by atoms with Gasteiger partial charge < -0.3 is 5.11 Å². The Morgan fingerprint density at radius 3 is 2.53 bits per heavy atom. The molecule has 1 N–H and O–H groups in total. The molecule has 0 amide bonds. The Morgan fingerprint density at radius 1 is 1.12 bits per heavy atom. The van der Waals surface area contributed by atoms with Crippen molar-refractivity contribution in [2.75, 3.05) is 0 Å². The van der Waals surface area contributed by atoms with Gasteiger partial charge in [0, 0.05) is 23.5 Å². The first-order chi connectivity index (χ1) is 8.27. The summed E-state index contributed by atoms with van der Waals surface area (Å²) in [5.41, 5.74) is 1.20. The molecule has 17 heavy (non-hydrogen) atoms. The van der Waals surface area contributed by atoms with Crippen molar-refractivity contribution in [3.63, 3.8) is 0 Å². The van der Waals surface area contributed by atoms with Gasteiger partial charge in [-0.25, -0.2) is 0 Å². The SMILES string of the molecule is O=C(/C=C\c1ccccc1O)c1ccncc1. The van der Waals surface area contributed by atoms with Gasteiger partial charge in [-0.15, -0.1) is 0 Å². The number of aromatic hydroxyl groups is 1. The van der Waals surface area contributed by atoms with Crippen molar-refractivity contribution in [3.05, 3.63) is 66.0 Å². The lowest BCUT2D eigenvalue weighted by Crippen LogP contribution is -1.93. The van der Waals surface area contributed by atoms with Gasteiger partial charge in [-0.1, -0.05) is 18.2 Å². The molecule has 3 heteroatoms. The molecule has 0 aliphatic rings. The highest BCUT2D eigenvalue weighted by molar-refractivity contribution is 6.06. The monoisotopic (exact) mass is 225 g/mol. The molecule has 0 aliphatic carbocycles. The fraction of sp³-hybridized carbons (Fsp3) is 0. The van der Waals surface area contributed by atoms with Crippen LogP contribution in [0.4, 0.5) is 0 Å². The molecule has 1 aromatic heterocycles. The van der Waals surface area contributed by atoms with Crippen LogP contribution in [0.15, 0.2) is 54.9 Å². The lowest BCUT2D eigenvalue weighted by Gasteiger charge is -1.97. The van der Waals surface area contributed by atoms with E-state index in [-0.39, 0.29) is 11.5 Å². The molecule has 0 fully saturated rings. The molecular formula is C14H11NO2. The van der Waals surface area contributed by atoms with E-state index in [9.17, 15) is 9.90 Å². The zero-order valence-corrected chi connectivity index (χ0v) is 9.08. The van der Waals surface area contributed by atoms with E-state index in [1.54, 1.807) is 54.9 Å². The third-order valence-electron chi connectivity index (χ3n) is 2.32. The molecule has 2 rings (SSSR count). The van der Waals surface area contributed by atoms with E-state index in [1.807, 2.05) is 0 Å². The van der Waals surface area contributed by atoms with Gasteiger partial charge in [0.1, 0.15) is 5.75 Å². The van der Waals surface area contributed by atoms with Gasteiger partial charge in [-0.3, -0.25) is 9.78 Å². The van der Waals surface area contributed by atoms with Gasteiger partial charge in [0.25, 0.3) is 0 Å². The first-order valence-corrected chi connectivity index (χ1v) is 5.18. The summed E-state index contributed by atoms with van der Waals surface area (Å²) in [7, 11) is 0. The van der Waals surface area contributed by atoms with Crippen molar-refractivity contribution >= 4 is 11.9 Å². The number of hydrogen-bond donors (Lipinski definition) is 1. The summed E-state index contributed by atoms with van der Waals surface area (Å²) in [4.78, 5) is 15.6. The van der Waals surface area contributed by atoms with Crippen LogP contribution in [-0.4, -0.2) is 15.9 Å². The summed E-state index contributed by atoms with van der Waals surface area (Å²) in [5.74, 6) is 0.0435. The highest BCUT2D eigenvalue weighted by Gasteiger charge is 2.00. The molecule has 0 spiro atoms. The summed E-state index contributed by atoms with van der Waals surface area (Å²) >= 11 is 0. The number of pyridine rings is 1. The highest BCUT2D eigenvalue weighted by atomic mass is 16.3. The van der Waals surface area contributed by atoms with Crippen molar-refractivity contribution in [2.24, 2.45) is 0 Å². The smallest absolute Gasteiger partial charge is 0.185 e. The first-order valence-electron chi connectivity index (χ1n) is 5.18. The number of carbonyl (C=O) groups excluding carboxylic acids is 1. The fourth-order valence-electron chi connectivity index (χ4n) is 1.41. The van der Waals surface area contributed by atoms with Crippen LogP contribution >= 0.6 is 0 Å². The van der Waals surface area contributed by atoms with E-state index >= 15 is 0 Å². The molecule has 0 saturated carbocycles. The summed E-state index contributed by atoms with van der Waals surface area (Å²) in [6.07, 6.45) is 6.17. The number of benzene rings is 1. The molecular weight excluding hydrogens is 214 g/mol. The highest BCUT2D eigenvalue weighted by Crippen LogP contribution is 2.17. The molecule has 0 saturated heterocycles. The van der Waals surface area contributed by atoms with Crippen LogP contribution in [0, 0.1) is 0 Å². The standard InChI is InChI=1S/C14H11NO2/c16-13-4-2-1-3-11(13)5-6-14(17)12-7-9-15-10-8-12/h1-10,16H/b6-5-. The van der Waals surface area contributed by atoms with Crippen LogP contribution in [0.2, 0.25) is 0 Å². The third-order valence-corrected chi connectivity index (χ3v) is 2.32. The van der Waals surface area contributed by atoms with E-state index in [1.165, 1.54) is 6.08 Å². The fourth-order valence-corrected chi connectivity index (χ4v) is 1.41. The maximum atomic E-state index is 11.7. The van der Waals surface area contributed by atoms with Gasteiger partial charge in [-0.2, -0.15) is 0 Å². The minimum atomic E-state index is -0.115. The molecule has 84 valence electrons. The van der Waals surface area contributed by atoms with E-state index in [0.29, 0.717) is 11.1 Å². The van der Waals surface area contributed by atoms with E-state index in [4.69, 9.17) is 0 Å². The number of aromatic nitrogens is 1. The molecule has 3 nitrogen and oxygen atoms in total. The van der Waals surface area contributed by atoms with E-state index in [2.05, 4.69) is 4.98 Å². The Hall–Kier alpha value is -2.42. The molecule has 0 unspecified atom stereocenters. The molecule has 0 aliphatic heterocycles. The molecule has 0 bridgehead atoms. The zero-order chi connectivity index (χ0) is 12.1. The Bertz CT molecular complexity index is 547. The summed E-state index contributed by atoms with van der Waals surface area (Å²) in [5, 5.41) is 9.52. The minimum absolute atomic E-state index is 0.115. The molecule has 0 radical (unpaired) electrons. The summed E-state index contributed by atoms with van der Waals surface area (Å²) in [6, 6.07) is 10.2. The lowest BCUT2D eigenvalue weighted by molar-refractivity contribution is 0.104. The predicted octanol–water partition coefficient (Wildman–Crippen LogP) is 2.68. The van der Waals surface area contributed by atoms with Crippen LogP contribution in [0.5, 0.6) is 5.75 Å². The number of rotatable bonds is 3. The average molecular weight is 225 g/mol. The number of phenolic OH excluding ortho intramolecular Hbond substituents is 1. The number of hydrogen-bond acceptors (Lipinski definition) is 3. The Morgan fingerprint density at radius 2 is 1.82 bits per heavy atom. The largest absolute Gasteiger partial charge is 0.507 e. The van der Waals surface area contributed by atoms with Crippen LogP contribution in [0.1, 0.15) is 15.9 Å². The predicted molar refractivity (Wildman–Crippen MR) is 65.7 cm³/mol. The second-order valence-electron chi connectivity index (χ2n) is 3.49. The Labute approximate surface area is 99.1 Å². The van der Waals surface area contributed by atoms with Gasteiger partial charge in [0.2, 0.25) is 0 Å². The van der Waals surface area contributed by atoms with Gasteiger partial charge in [-0.05, 0) is 30.4 Å². The number of phenols is 1. The number of allylic oxidation sites excluding steroid dienone is 1. The van der Waals surface area contributed by atoms with Crippen molar-refractivity contribution in [2.45, 2.75) is 0 Å². The second-order valence-corrected chi connectivity index (χ2v) is 3.49. The van der Waals surface area contributed by atoms with E-state index in [0.717, 1.165) is 0 Å². The Balaban J connectivity index is 2.17. The molecule has 0 atom stereocenters. The molecule has 1 aromatic carbocycles. The van der Waals surface area contributed by atoms with Crippen molar-refractivity contribution in [1.82, 2.24) is 4.98 Å². The van der Waals surface area contributed by atoms with Crippen LogP contribution in [0.3, 0.4) is 0 Å². The summed E-state index contributed by atoms with van der Waals surface area (Å²) in [6.45, 7) is 0. The quantitative estimate of drug-likeness (QED) is 0.645. The van der Waals surface area contributed by atoms with Gasteiger partial charge in [0.05, 0.1) is 0 Å². The third kappa shape index (κ3) is 2.78. The zero-order valence-electron chi connectivity index (χ0n) is 9.08. The molecule has 1 heterocycles. The van der Waals surface area contributed by atoms with Crippen LogP contribution in [-0.2, 0) is 0 Å². The van der Waals surface area contributed by atoms with Gasteiger partial charge in [0.15, 0.2) is 5.78 Å². The average Bonchev–Trinajstić information content (AvgIpc) is 2.38. The number of nitrogens with zero attached hydrogens (tertiary/aromatic N) is 1. The first kappa shape index (κ1) is 11.1. The van der Waals surface area contributed by atoms with Crippen molar-refractivity contribution < 1.29 is 9.90 Å².